The molecule has 0 bridgehead atoms. The SMILES string of the molecule is CCCCP(C)(CCCC)(CCCC)OB(OP(C)(CCCC)(CCCC)CCCC)OP(C)(CCCC)(CCCC)CCCC. The monoisotopic (exact) mass is 711 g/mol. The van der Waals surface area contributed by atoms with E-state index >= 15 is 0 Å². The van der Waals surface area contributed by atoms with Crippen molar-refractivity contribution in [1.29, 1.82) is 0 Å². The molecule has 0 aromatic heterocycles. The van der Waals surface area contributed by atoms with Gasteiger partial charge in [0.1, 0.15) is 0 Å². The molecule has 46 heavy (non-hydrogen) atoms. The van der Waals surface area contributed by atoms with Crippen LogP contribution in [0.4, 0.5) is 0 Å². The Morgan fingerprint density at radius 1 is 0.283 bits per heavy atom. The summed E-state index contributed by atoms with van der Waals surface area (Å²) in [6.07, 6.45) is 33.4. The van der Waals surface area contributed by atoms with Crippen molar-refractivity contribution in [3.05, 3.63) is 0 Å². The van der Waals surface area contributed by atoms with Crippen LogP contribution in [0.1, 0.15) is 178 Å². The molecule has 0 aliphatic carbocycles. The third-order valence-corrected chi connectivity index (χ3v) is 28.2. The summed E-state index contributed by atoms with van der Waals surface area (Å²) in [4.78, 5) is 0. The predicted molar refractivity (Wildman–Crippen MR) is 226 cm³/mol. The van der Waals surface area contributed by atoms with Gasteiger partial charge in [0.15, 0.2) is 0 Å². The molecule has 0 radical (unpaired) electrons. The van der Waals surface area contributed by atoms with Gasteiger partial charge in [-0.05, 0) is 0 Å². The standard InChI is InChI=1S/C39H90BO3P3/c1-13-22-31-44(10,32-23-14-2,33-24-15-3)41-40(42-45(11,34-25-16-4,35-26-17-5)36-27-18-6)43-46(12,37-28-19-7,38-29-20-8)39-30-21-9/h13-39H2,1-12H3. The quantitative estimate of drug-likeness (QED) is 0.0501. The Hall–Kier alpha value is 1.23. The van der Waals surface area contributed by atoms with E-state index in [0.29, 0.717) is 0 Å². The van der Waals surface area contributed by atoms with Crippen molar-refractivity contribution in [2.24, 2.45) is 0 Å². The van der Waals surface area contributed by atoms with E-state index in [1.807, 2.05) is 0 Å². The second-order valence-corrected chi connectivity index (χ2v) is 34.7. The summed E-state index contributed by atoms with van der Waals surface area (Å²) in [6.45, 7) is 21.4. The van der Waals surface area contributed by atoms with Crippen LogP contribution < -0.4 is 0 Å². The zero-order chi connectivity index (χ0) is 35.1. The third-order valence-electron chi connectivity index (χ3n) is 11.5. The molecule has 0 amide bonds. The maximum atomic E-state index is 8.00. The van der Waals surface area contributed by atoms with Crippen LogP contribution in [0.5, 0.6) is 0 Å². The van der Waals surface area contributed by atoms with Crippen molar-refractivity contribution >= 4 is 27.8 Å². The van der Waals surface area contributed by atoms with Crippen molar-refractivity contribution in [3.8, 4) is 0 Å². The molecule has 0 heterocycles. The van der Waals surface area contributed by atoms with Crippen molar-refractivity contribution in [2.45, 2.75) is 178 Å². The first-order chi connectivity index (χ1) is 21.7. The molecule has 0 saturated heterocycles. The number of hydrogen-bond donors (Lipinski definition) is 0. The molecule has 0 spiro atoms. The van der Waals surface area contributed by atoms with Crippen molar-refractivity contribution < 1.29 is 13.3 Å². The Balaban J connectivity index is 7.63. The Morgan fingerprint density at radius 3 is 0.522 bits per heavy atom. The fraction of sp³-hybridized carbons (Fsp3) is 1.00. The van der Waals surface area contributed by atoms with Gasteiger partial charge < -0.3 is 0 Å². The first-order valence-corrected chi connectivity index (χ1v) is 30.3. The van der Waals surface area contributed by atoms with E-state index in [2.05, 4.69) is 82.3 Å². The van der Waals surface area contributed by atoms with Gasteiger partial charge in [0.25, 0.3) is 0 Å². The molecule has 0 fully saturated rings. The number of rotatable bonds is 33. The molecule has 0 aromatic rings. The van der Waals surface area contributed by atoms with Crippen molar-refractivity contribution in [1.82, 2.24) is 0 Å². The summed E-state index contributed by atoms with van der Waals surface area (Å²) in [5.41, 5.74) is 0. The summed E-state index contributed by atoms with van der Waals surface area (Å²) in [6, 6.07) is 0. The first kappa shape index (κ1) is 47.2. The molecule has 0 aliphatic heterocycles. The summed E-state index contributed by atoms with van der Waals surface area (Å²) >= 11 is 0. The van der Waals surface area contributed by atoms with Crippen LogP contribution in [0.25, 0.3) is 0 Å². The Kier molecular flexibility index (Phi) is 23.5. The average molecular weight is 711 g/mol. The Labute approximate surface area is 293 Å². The molecule has 0 saturated carbocycles. The molecular formula is C39H90BO3P3. The molecule has 282 valence electrons. The van der Waals surface area contributed by atoms with Gasteiger partial charge in [0.05, 0.1) is 0 Å². The topological polar surface area (TPSA) is 27.7 Å². The number of unbranched alkanes of at least 4 members (excludes halogenated alkanes) is 9. The van der Waals surface area contributed by atoms with E-state index in [1.54, 1.807) is 0 Å². The van der Waals surface area contributed by atoms with E-state index in [0.717, 1.165) is 0 Å². The molecule has 0 aliphatic rings. The Morgan fingerprint density at radius 2 is 0.413 bits per heavy atom. The molecule has 0 unspecified atom stereocenters. The second-order valence-electron chi connectivity index (χ2n) is 16.9. The zero-order valence-electron chi connectivity index (χ0n) is 34.2. The molecule has 0 atom stereocenters. The van der Waals surface area contributed by atoms with Crippen LogP contribution >= 0.6 is 20.5 Å². The van der Waals surface area contributed by atoms with Crippen LogP contribution in [-0.2, 0) is 13.3 Å². The fourth-order valence-corrected chi connectivity index (χ4v) is 23.7. The van der Waals surface area contributed by atoms with Gasteiger partial charge in [-0.25, -0.2) is 0 Å². The summed E-state index contributed by atoms with van der Waals surface area (Å²) in [5, 5.41) is 0. The normalized spacial score (nSPS) is 15.5. The molecule has 0 N–H and O–H groups in total. The summed E-state index contributed by atoms with van der Waals surface area (Å²) < 4.78 is 24.0. The number of hydrogen-bond acceptors (Lipinski definition) is 3. The van der Waals surface area contributed by atoms with E-state index in [-0.39, 0.29) is 0 Å². The molecular weight excluding hydrogens is 620 g/mol. The van der Waals surface area contributed by atoms with Crippen molar-refractivity contribution in [2.75, 3.05) is 75.5 Å². The predicted octanol–water partition coefficient (Wildman–Crippen LogP) is 14.5. The maximum absolute atomic E-state index is 8.00. The molecule has 0 aromatic carbocycles. The van der Waals surface area contributed by atoms with Gasteiger partial charge in [-0.3, -0.25) is 0 Å². The zero-order valence-corrected chi connectivity index (χ0v) is 36.9. The fourth-order valence-electron chi connectivity index (χ4n) is 7.78. The van der Waals surface area contributed by atoms with Crippen LogP contribution in [0.2, 0.25) is 0 Å². The summed E-state index contributed by atoms with van der Waals surface area (Å²) in [5.74, 6) is 0. The molecule has 0 rings (SSSR count). The van der Waals surface area contributed by atoms with Crippen LogP contribution in [-0.4, -0.2) is 82.8 Å². The van der Waals surface area contributed by atoms with Gasteiger partial charge in [0.2, 0.25) is 0 Å². The van der Waals surface area contributed by atoms with Crippen molar-refractivity contribution in [3.63, 3.8) is 0 Å². The molecule has 3 nitrogen and oxygen atoms in total. The second kappa shape index (κ2) is 22.9. The van der Waals surface area contributed by atoms with Crippen LogP contribution in [0.15, 0.2) is 0 Å². The van der Waals surface area contributed by atoms with Crippen LogP contribution in [0, 0.1) is 0 Å². The summed E-state index contributed by atoms with van der Waals surface area (Å²) in [7, 11) is -0.505. The van der Waals surface area contributed by atoms with E-state index < -0.39 is 27.8 Å². The van der Waals surface area contributed by atoms with E-state index in [4.69, 9.17) is 13.3 Å². The van der Waals surface area contributed by atoms with E-state index in [1.165, 1.54) is 171 Å². The van der Waals surface area contributed by atoms with Gasteiger partial charge in [-0.1, -0.05) is 0 Å². The van der Waals surface area contributed by atoms with E-state index in [9.17, 15) is 0 Å². The Bertz CT molecular complexity index is 606. The minimum absolute atomic E-state index is 0.505. The van der Waals surface area contributed by atoms with Gasteiger partial charge >= 0.3 is 294 Å². The minimum atomic E-state index is -2.60. The van der Waals surface area contributed by atoms with Crippen LogP contribution in [0.3, 0.4) is 0 Å². The first-order valence-electron chi connectivity index (χ1n) is 20.8. The van der Waals surface area contributed by atoms with Gasteiger partial charge in [-0.2, -0.15) is 0 Å². The molecule has 7 heteroatoms. The third kappa shape index (κ3) is 16.5. The average Bonchev–Trinajstić information content (AvgIpc) is 3.04. The van der Waals surface area contributed by atoms with Gasteiger partial charge in [-0.15, -0.1) is 0 Å². The van der Waals surface area contributed by atoms with Gasteiger partial charge in [0, 0.05) is 0 Å².